The Morgan fingerprint density at radius 2 is 2.09 bits per heavy atom. The summed E-state index contributed by atoms with van der Waals surface area (Å²) >= 11 is 0. The highest BCUT2D eigenvalue weighted by Gasteiger charge is 2.13. The van der Waals surface area contributed by atoms with Crippen molar-refractivity contribution in [3.05, 3.63) is 47.8 Å². The fourth-order valence-corrected chi connectivity index (χ4v) is 2.57. The first-order valence-electron chi connectivity index (χ1n) is 8.27. The molecule has 0 saturated carbocycles. The van der Waals surface area contributed by atoms with E-state index in [0.717, 1.165) is 51.0 Å². The van der Waals surface area contributed by atoms with Crippen LogP contribution in [0.4, 0.5) is 0 Å². The van der Waals surface area contributed by atoms with Crippen LogP contribution in [0.15, 0.2) is 52.8 Å². The standard InChI is InChI=1S/C14H18O2.C5H7NO/c1-11(10-12-6-2-3-7-12)14(15)16-13-8-4-5-9-13;1-2-5-6-3-4-7-5/h6,8,10H,2-5,7,9H2,1H3;2H,1,3-4H2. The molecule has 23 heavy (non-hydrogen) atoms. The molecule has 4 nitrogen and oxygen atoms in total. The third-order valence-corrected chi connectivity index (χ3v) is 3.81. The van der Waals surface area contributed by atoms with Crippen LogP contribution in [-0.4, -0.2) is 25.0 Å². The van der Waals surface area contributed by atoms with Crippen LogP contribution in [0.3, 0.4) is 0 Å². The lowest BCUT2D eigenvalue weighted by Gasteiger charge is -2.05. The van der Waals surface area contributed by atoms with Gasteiger partial charge in [-0.2, -0.15) is 0 Å². The van der Waals surface area contributed by atoms with Crippen molar-refractivity contribution in [2.75, 3.05) is 13.2 Å². The number of esters is 1. The molecule has 0 unspecified atom stereocenters. The van der Waals surface area contributed by atoms with E-state index in [1.54, 1.807) is 6.08 Å². The minimum atomic E-state index is -0.194. The molecule has 0 aromatic rings. The van der Waals surface area contributed by atoms with Crippen LogP contribution in [0.2, 0.25) is 0 Å². The summed E-state index contributed by atoms with van der Waals surface area (Å²) in [5.41, 5.74) is 1.98. The summed E-state index contributed by atoms with van der Waals surface area (Å²) in [4.78, 5) is 15.7. The molecule has 0 N–H and O–H groups in total. The summed E-state index contributed by atoms with van der Waals surface area (Å²) in [6.45, 7) is 6.83. The Kier molecular flexibility index (Phi) is 6.85. The van der Waals surface area contributed by atoms with Gasteiger partial charge in [0.2, 0.25) is 5.90 Å². The lowest BCUT2D eigenvalue weighted by molar-refractivity contribution is -0.135. The maximum atomic E-state index is 11.7. The van der Waals surface area contributed by atoms with Gasteiger partial charge >= 0.3 is 5.97 Å². The molecule has 4 heteroatoms. The van der Waals surface area contributed by atoms with Crippen LogP contribution >= 0.6 is 0 Å². The normalized spacial score (nSPS) is 19.9. The summed E-state index contributed by atoms with van der Waals surface area (Å²) < 4.78 is 10.2. The third kappa shape index (κ3) is 5.89. The van der Waals surface area contributed by atoms with Gasteiger partial charge in [0.1, 0.15) is 12.4 Å². The summed E-state index contributed by atoms with van der Waals surface area (Å²) in [6.07, 6.45) is 14.3. The first kappa shape index (κ1) is 17.3. The molecule has 0 amide bonds. The van der Waals surface area contributed by atoms with Crippen LogP contribution in [0.5, 0.6) is 0 Å². The monoisotopic (exact) mass is 315 g/mol. The molecule has 0 atom stereocenters. The summed E-state index contributed by atoms with van der Waals surface area (Å²) in [5.74, 6) is 1.33. The Bertz CT molecular complexity index is 567. The average molecular weight is 315 g/mol. The predicted molar refractivity (Wildman–Crippen MR) is 92.2 cm³/mol. The second-order valence-electron chi connectivity index (χ2n) is 5.72. The van der Waals surface area contributed by atoms with Gasteiger partial charge in [-0.15, -0.1) is 0 Å². The molecular formula is C19H25NO3. The van der Waals surface area contributed by atoms with Crippen molar-refractivity contribution in [1.29, 1.82) is 0 Å². The Morgan fingerprint density at radius 1 is 1.30 bits per heavy atom. The second kappa shape index (κ2) is 9.13. The van der Waals surface area contributed by atoms with Crippen molar-refractivity contribution in [2.45, 2.75) is 45.4 Å². The van der Waals surface area contributed by atoms with Gasteiger partial charge in [0.15, 0.2) is 0 Å². The first-order chi connectivity index (χ1) is 11.2. The zero-order valence-electron chi connectivity index (χ0n) is 13.8. The van der Waals surface area contributed by atoms with Gasteiger partial charge in [-0.3, -0.25) is 0 Å². The molecule has 0 saturated heterocycles. The summed E-state index contributed by atoms with van der Waals surface area (Å²) in [5, 5.41) is 0. The summed E-state index contributed by atoms with van der Waals surface area (Å²) in [7, 11) is 0. The van der Waals surface area contributed by atoms with E-state index in [1.807, 2.05) is 19.1 Å². The number of rotatable bonds is 4. The number of nitrogens with zero attached hydrogens (tertiary/aromatic N) is 1. The molecule has 0 aromatic carbocycles. The van der Waals surface area contributed by atoms with Gasteiger partial charge < -0.3 is 9.47 Å². The summed E-state index contributed by atoms with van der Waals surface area (Å²) in [6, 6.07) is 0. The SMILES string of the molecule is C=CC1=NCCO1.CC(=CC1=CCCC1)C(=O)OC1=CCCC1. The largest absolute Gasteiger partial charge is 0.476 e. The van der Waals surface area contributed by atoms with Crippen molar-refractivity contribution >= 4 is 11.9 Å². The van der Waals surface area contributed by atoms with Gasteiger partial charge in [0.05, 0.1) is 6.54 Å². The highest BCUT2D eigenvalue weighted by molar-refractivity contribution is 5.89. The molecule has 3 rings (SSSR count). The van der Waals surface area contributed by atoms with E-state index in [0.29, 0.717) is 11.5 Å². The maximum absolute atomic E-state index is 11.7. The van der Waals surface area contributed by atoms with Crippen LogP contribution in [0, 0.1) is 0 Å². The second-order valence-corrected chi connectivity index (χ2v) is 5.72. The molecule has 124 valence electrons. The highest BCUT2D eigenvalue weighted by Crippen LogP contribution is 2.22. The Labute approximate surface area is 138 Å². The number of carbonyl (C=O) groups excluding carboxylic acids is 1. The van der Waals surface area contributed by atoms with Crippen molar-refractivity contribution in [1.82, 2.24) is 0 Å². The van der Waals surface area contributed by atoms with Crippen LogP contribution < -0.4 is 0 Å². The Hall–Kier alpha value is -2.10. The average Bonchev–Trinajstić information content (AvgIpc) is 3.31. The van der Waals surface area contributed by atoms with Gasteiger partial charge in [0, 0.05) is 12.0 Å². The molecule has 2 aliphatic carbocycles. The quantitative estimate of drug-likeness (QED) is 0.575. The molecule has 0 fully saturated rings. The molecule has 0 radical (unpaired) electrons. The van der Waals surface area contributed by atoms with Gasteiger partial charge in [-0.25, -0.2) is 9.79 Å². The van der Waals surface area contributed by atoms with Crippen LogP contribution in [-0.2, 0) is 14.3 Å². The van der Waals surface area contributed by atoms with E-state index in [9.17, 15) is 4.79 Å². The molecule has 0 spiro atoms. The van der Waals surface area contributed by atoms with E-state index >= 15 is 0 Å². The van der Waals surface area contributed by atoms with Gasteiger partial charge in [-0.05, 0) is 57.3 Å². The van der Waals surface area contributed by atoms with Gasteiger partial charge in [0.25, 0.3) is 0 Å². The van der Waals surface area contributed by atoms with Crippen LogP contribution in [0.25, 0.3) is 0 Å². The highest BCUT2D eigenvalue weighted by atomic mass is 16.5. The van der Waals surface area contributed by atoms with Crippen molar-refractivity contribution in [3.63, 3.8) is 0 Å². The molecule has 0 bridgehead atoms. The van der Waals surface area contributed by atoms with E-state index in [4.69, 9.17) is 9.47 Å². The zero-order valence-corrected chi connectivity index (χ0v) is 13.8. The molecule has 1 aliphatic heterocycles. The first-order valence-corrected chi connectivity index (χ1v) is 8.27. The van der Waals surface area contributed by atoms with Crippen molar-refractivity contribution in [2.24, 2.45) is 4.99 Å². The minimum Gasteiger partial charge on any atom is -0.476 e. The van der Waals surface area contributed by atoms with Crippen LogP contribution in [0.1, 0.15) is 45.4 Å². The van der Waals surface area contributed by atoms with E-state index in [-0.39, 0.29) is 5.97 Å². The molecule has 0 aromatic heterocycles. The molecule has 1 heterocycles. The topological polar surface area (TPSA) is 47.9 Å². The third-order valence-electron chi connectivity index (χ3n) is 3.81. The Morgan fingerprint density at radius 3 is 2.61 bits per heavy atom. The minimum absolute atomic E-state index is 0.194. The smallest absolute Gasteiger partial charge is 0.338 e. The lowest BCUT2D eigenvalue weighted by Crippen LogP contribution is -2.04. The lowest BCUT2D eigenvalue weighted by atomic mass is 10.1. The van der Waals surface area contributed by atoms with E-state index in [2.05, 4.69) is 17.6 Å². The van der Waals surface area contributed by atoms with E-state index < -0.39 is 0 Å². The number of allylic oxidation sites excluding steroid dienone is 5. The number of aliphatic imine (C=N–C) groups is 1. The molecular weight excluding hydrogens is 290 g/mol. The van der Waals surface area contributed by atoms with Crippen molar-refractivity contribution in [3.8, 4) is 0 Å². The molecule has 3 aliphatic rings. The maximum Gasteiger partial charge on any atom is 0.338 e. The fourth-order valence-electron chi connectivity index (χ4n) is 2.57. The fraction of sp³-hybridized carbons (Fsp3) is 0.474. The number of hydrogen-bond donors (Lipinski definition) is 0. The number of carbonyl (C=O) groups is 1. The van der Waals surface area contributed by atoms with Gasteiger partial charge in [-0.1, -0.05) is 18.2 Å². The number of ether oxygens (including phenoxy) is 2. The number of hydrogen-bond acceptors (Lipinski definition) is 4. The zero-order chi connectivity index (χ0) is 16.5. The predicted octanol–water partition coefficient (Wildman–Crippen LogP) is 4.26. The Balaban J connectivity index is 0.000000229. The van der Waals surface area contributed by atoms with Crippen molar-refractivity contribution < 1.29 is 14.3 Å². The van der Waals surface area contributed by atoms with E-state index in [1.165, 1.54) is 12.0 Å².